The molecule has 2 aromatic carbocycles. The number of aryl methyl sites for hydroxylation is 1. The van der Waals surface area contributed by atoms with Gasteiger partial charge in [0.1, 0.15) is 5.82 Å². The Labute approximate surface area is 123 Å². The average molecular weight is 281 g/mol. The second-order valence-corrected chi connectivity index (χ2v) is 4.95. The molecule has 1 N–H and O–H groups in total. The Morgan fingerprint density at radius 1 is 1.00 bits per heavy atom. The summed E-state index contributed by atoms with van der Waals surface area (Å²) < 4.78 is 15.7. The largest absolute Gasteiger partial charge is 0.325 e. The molecule has 1 aromatic heterocycles. The molecule has 3 nitrogen and oxygen atoms in total. The fraction of sp³-hybridized carbons (Fsp3) is 0.118. The molecule has 3 aromatic rings. The zero-order valence-corrected chi connectivity index (χ0v) is 12.0. The Morgan fingerprint density at radius 3 is 2.52 bits per heavy atom. The molecule has 4 heteroatoms. The van der Waals surface area contributed by atoms with Crippen molar-refractivity contribution in [3.63, 3.8) is 0 Å². The number of nitrogens with one attached hydrogen (secondary N) is 1. The number of hydrogen-bond acceptors (Lipinski definition) is 2. The highest BCUT2D eigenvalue weighted by molar-refractivity contribution is 5.57. The van der Waals surface area contributed by atoms with E-state index in [1.54, 1.807) is 13.0 Å². The van der Waals surface area contributed by atoms with Crippen molar-refractivity contribution in [2.45, 2.75) is 13.8 Å². The standard InChI is InChI=1S/C17H16FN3/c1-12-11-21(16-10-6-9-15(18)13(16)2)17(19-12)20-14-7-4-3-5-8-14/h3-11H,1-2H3,(H,19,20). The molecule has 0 radical (unpaired) electrons. The summed E-state index contributed by atoms with van der Waals surface area (Å²) in [4.78, 5) is 4.48. The third-order valence-electron chi connectivity index (χ3n) is 3.35. The van der Waals surface area contributed by atoms with Crippen LogP contribution in [0.1, 0.15) is 11.3 Å². The number of nitrogens with zero attached hydrogens (tertiary/aromatic N) is 2. The Hall–Kier alpha value is -2.62. The summed E-state index contributed by atoms with van der Waals surface area (Å²) in [6.45, 7) is 3.69. The van der Waals surface area contributed by atoms with E-state index in [1.807, 2.05) is 54.1 Å². The van der Waals surface area contributed by atoms with Crippen molar-refractivity contribution in [2.75, 3.05) is 5.32 Å². The summed E-state index contributed by atoms with van der Waals surface area (Å²) in [5.74, 6) is 0.455. The fourth-order valence-electron chi connectivity index (χ4n) is 2.28. The van der Waals surface area contributed by atoms with Crippen molar-refractivity contribution in [3.05, 3.63) is 71.8 Å². The highest BCUT2D eigenvalue weighted by atomic mass is 19.1. The molecule has 0 aliphatic carbocycles. The fourth-order valence-corrected chi connectivity index (χ4v) is 2.28. The molecular formula is C17H16FN3. The molecule has 0 amide bonds. The number of halogens is 1. The van der Waals surface area contributed by atoms with Gasteiger partial charge in [-0.05, 0) is 38.1 Å². The smallest absolute Gasteiger partial charge is 0.212 e. The number of hydrogen-bond donors (Lipinski definition) is 1. The van der Waals surface area contributed by atoms with Crippen LogP contribution < -0.4 is 5.32 Å². The minimum absolute atomic E-state index is 0.218. The first-order valence-corrected chi connectivity index (χ1v) is 6.78. The van der Waals surface area contributed by atoms with Gasteiger partial charge in [-0.3, -0.25) is 4.57 Å². The van der Waals surface area contributed by atoms with E-state index in [4.69, 9.17) is 0 Å². The first-order valence-electron chi connectivity index (χ1n) is 6.78. The van der Waals surface area contributed by atoms with Crippen LogP contribution in [0.4, 0.5) is 16.0 Å². The van der Waals surface area contributed by atoms with Crippen molar-refractivity contribution in [2.24, 2.45) is 0 Å². The van der Waals surface area contributed by atoms with Gasteiger partial charge in [0.2, 0.25) is 5.95 Å². The zero-order chi connectivity index (χ0) is 14.8. The molecule has 0 saturated carbocycles. The lowest BCUT2D eigenvalue weighted by molar-refractivity contribution is 0.617. The lowest BCUT2D eigenvalue weighted by Gasteiger charge is -2.12. The van der Waals surface area contributed by atoms with Crippen molar-refractivity contribution in [1.82, 2.24) is 9.55 Å². The van der Waals surface area contributed by atoms with E-state index in [2.05, 4.69) is 10.3 Å². The van der Waals surface area contributed by atoms with Crippen molar-refractivity contribution < 1.29 is 4.39 Å². The number of anilines is 2. The topological polar surface area (TPSA) is 29.9 Å². The molecule has 1 heterocycles. The van der Waals surface area contributed by atoms with Gasteiger partial charge in [-0.2, -0.15) is 0 Å². The van der Waals surface area contributed by atoms with Crippen molar-refractivity contribution >= 4 is 11.6 Å². The first kappa shape index (κ1) is 13.4. The summed E-state index contributed by atoms with van der Waals surface area (Å²) in [7, 11) is 0. The Morgan fingerprint density at radius 2 is 1.76 bits per heavy atom. The average Bonchev–Trinajstić information content (AvgIpc) is 2.83. The Balaban J connectivity index is 2.06. The van der Waals surface area contributed by atoms with Crippen LogP contribution in [-0.4, -0.2) is 9.55 Å². The molecule has 0 unspecified atom stereocenters. The van der Waals surface area contributed by atoms with E-state index in [9.17, 15) is 4.39 Å². The summed E-state index contributed by atoms with van der Waals surface area (Å²) in [5.41, 5.74) is 3.20. The third-order valence-corrected chi connectivity index (χ3v) is 3.35. The van der Waals surface area contributed by atoms with E-state index in [0.717, 1.165) is 17.1 Å². The number of imidazole rings is 1. The lowest BCUT2D eigenvalue weighted by atomic mass is 10.2. The molecule has 106 valence electrons. The van der Waals surface area contributed by atoms with Gasteiger partial charge in [-0.25, -0.2) is 9.37 Å². The molecule has 21 heavy (non-hydrogen) atoms. The zero-order valence-electron chi connectivity index (χ0n) is 12.0. The van der Waals surface area contributed by atoms with Gasteiger partial charge in [0.05, 0.1) is 11.4 Å². The van der Waals surface area contributed by atoms with E-state index < -0.39 is 0 Å². The highest BCUT2D eigenvalue weighted by Crippen LogP contribution is 2.24. The summed E-state index contributed by atoms with van der Waals surface area (Å²) in [5, 5.41) is 3.27. The second kappa shape index (κ2) is 5.40. The summed E-state index contributed by atoms with van der Waals surface area (Å²) >= 11 is 0. The highest BCUT2D eigenvalue weighted by Gasteiger charge is 2.11. The molecule has 0 aliphatic rings. The number of benzene rings is 2. The van der Waals surface area contributed by atoms with E-state index in [1.165, 1.54) is 6.07 Å². The maximum absolute atomic E-state index is 13.8. The summed E-state index contributed by atoms with van der Waals surface area (Å²) in [6, 6.07) is 14.9. The van der Waals surface area contributed by atoms with E-state index in [0.29, 0.717) is 11.5 Å². The van der Waals surface area contributed by atoms with Crippen LogP contribution >= 0.6 is 0 Å². The van der Waals surface area contributed by atoms with Crippen LogP contribution in [0.25, 0.3) is 5.69 Å². The van der Waals surface area contributed by atoms with Gasteiger partial charge in [-0.1, -0.05) is 24.3 Å². The lowest BCUT2D eigenvalue weighted by Crippen LogP contribution is -2.03. The predicted octanol–water partition coefficient (Wildman–Crippen LogP) is 4.37. The summed E-state index contributed by atoms with van der Waals surface area (Å²) in [6.07, 6.45) is 1.90. The maximum atomic E-state index is 13.8. The van der Waals surface area contributed by atoms with Crippen LogP contribution in [0.3, 0.4) is 0 Å². The second-order valence-electron chi connectivity index (χ2n) is 4.95. The predicted molar refractivity (Wildman–Crippen MR) is 82.7 cm³/mol. The van der Waals surface area contributed by atoms with Crippen molar-refractivity contribution in [3.8, 4) is 5.69 Å². The van der Waals surface area contributed by atoms with Gasteiger partial charge < -0.3 is 5.32 Å². The van der Waals surface area contributed by atoms with Crippen LogP contribution in [0.2, 0.25) is 0 Å². The van der Waals surface area contributed by atoms with Gasteiger partial charge in [0.15, 0.2) is 0 Å². The van der Waals surface area contributed by atoms with Gasteiger partial charge in [0.25, 0.3) is 0 Å². The number of para-hydroxylation sites is 1. The quantitative estimate of drug-likeness (QED) is 0.772. The SMILES string of the molecule is Cc1cn(-c2cccc(F)c2C)c(Nc2ccccc2)n1. The molecule has 0 saturated heterocycles. The van der Waals surface area contributed by atoms with E-state index in [-0.39, 0.29) is 5.82 Å². The molecule has 0 spiro atoms. The van der Waals surface area contributed by atoms with E-state index >= 15 is 0 Å². The minimum atomic E-state index is -0.218. The molecular weight excluding hydrogens is 265 g/mol. The molecule has 0 atom stereocenters. The monoisotopic (exact) mass is 281 g/mol. The van der Waals surface area contributed by atoms with Crippen LogP contribution in [0.5, 0.6) is 0 Å². The van der Waals surface area contributed by atoms with Crippen LogP contribution in [-0.2, 0) is 0 Å². The molecule has 0 fully saturated rings. The number of rotatable bonds is 3. The Bertz CT molecular complexity index is 763. The van der Waals surface area contributed by atoms with Crippen LogP contribution in [0.15, 0.2) is 54.7 Å². The number of aromatic nitrogens is 2. The maximum Gasteiger partial charge on any atom is 0.212 e. The van der Waals surface area contributed by atoms with Gasteiger partial charge in [-0.15, -0.1) is 0 Å². The third kappa shape index (κ3) is 2.65. The molecule has 3 rings (SSSR count). The first-order chi connectivity index (χ1) is 10.1. The van der Waals surface area contributed by atoms with Gasteiger partial charge in [0, 0.05) is 17.4 Å². The minimum Gasteiger partial charge on any atom is -0.325 e. The van der Waals surface area contributed by atoms with Crippen LogP contribution in [0, 0.1) is 19.7 Å². The molecule has 0 aliphatic heterocycles. The molecule has 0 bridgehead atoms. The van der Waals surface area contributed by atoms with Gasteiger partial charge >= 0.3 is 0 Å². The Kier molecular flexibility index (Phi) is 3.44. The van der Waals surface area contributed by atoms with Crippen molar-refractivity contribution in [1.29, 1.82) is 0 Å². The normalized spacial score (nSPS) is 10.6.